The van der Waals surface area contributed by atoms with Crippen molar-refractivity contribution < 1.29 is 4.52 Å². The highest BCUT2D eigenvalue weighted by molar-refractivity contribution is 9.10. The maximum Gasteiger partial charge on any atom is 0.225 e. The van der Waals surface area contributed by atoms with Gasteiger partial charge in [-0.1, -0.05) is 5.16 Å². The lowest BCUT2D eigenvalue weighted by Gasteiger charge is -2.07. The van der Waals surface area contributed by atoms with Gasteiger partial charge in [-0.3, -0.25) is 5.10 Å². The van der Waals surface area contributed by atoms with Gasteiger partial charge in [-0.25, -0.2) is 4.98 Å². The Morgan fingerprint density at radius 3 is 2.92 bits per heavy atom. The lowest BCUT2D eigenvalue weighted by Crippen LogP contribution is -2.05. The minimum absolute atomic E-state index is 0.438. The van der Waals surface area contributed by atoms with Crippen LogP contribution in [0, 0.1) is 0 Å². The first-order chi connectivity index (χ1) is 11.7. The van der Waals surface area contributed by atoms with Crippen molar-refractivity contribution in [2.24, 2.45) is 0 Å². The van der Waals surface area contributed by atoms with Gasteiger partial charge >= 0.3 is 0 Å². The maximum absolute atomic E-state index is 5.11. The number of aromatic amines is 1. The predicted octanol–water partition coefficient (Wildman–Crippen LogP) is 3.95. The molecule has 1 saturated carbocycles. The van der Waals surface area contributed by atoms with Gasteiger partial charge in [0.05, 0.1) is 11.0 Å². The van der Waals surface area contributed by atoms with Crippen molar-refractivity contribution in [3.05, 3.63) is 38.9 Å². The van der Waals surface area contributed by atoms with Gasteiger partial charge in [0, 0.05) is 29.9 Å². The molecule has 3 N–H and O–H groups in total. The first kappa shape index (κ1) is 15.6. The van der Waals surface area contributed by atoms with Crippen LogP contribution in [-0.2, 0) is 6.54 Å². The van der Waals surface area contributed by atoms with Gasteiger partial charge in [-0.15, -0.1) is 0 Å². The van der Waals surface area contributed by atoms with Crippen LogP contribution in [0.25, 0.3) is 0 Å². The Labute approximate surface area is 154 Å². The van der Waals surface area contributed by atoms with Gasteiger partial charge in [0.15, 0.2) is 17.4 Å². The van der Waals surface area contributed by atoms with E-state index in [-0.39, 0.29) is 0 Å². The first-order valence-corrected chi connectivity index (χ1v) is 8.96. The molecule has 1 fully saturated rings. The summed E-state index contributed by atoms with van der Waals surface area (Å²) in [5.41, 5.74) is 1.16. The molecule has 1 aliphatic rings. The fourth-order valence-electron chi connectivity index (χ4n) is 2.20. The Hall–Kier alpha value is -1.94. The molecule has 0 radical (unpaired) electrons. The van der Waals surface area contributed by atoms with E-state index < -0.39 is 0 Å². The van der Waals surface area contributed by atoms with Crippen LogP contribution in [0.5, 0.6) is 0 Å². The van der Waals surface area contributed by atoms with Crippen LogP contribution >= 0.6 is 31.9 Å². The van der Waals surface area contributed by atoms with Gasteiger partial charge in [0.1, 0.15) is 4.60 Å². The standard InChI is InChI=1S/C14H13Br2N7O/c15-9-6-18-14(17-5-8-3-11(16)23-24-8)20-13(9)19-12-4-10(21-22-12)7-1-2-7/h3-4,6-7H,1-2,5H2,(H3,17,18,19,20,21,22). The summed E-state index contributed by atoms with van der Waals surface area (Å²) in [5.74, 6) is 3.16. The Morgan fingerprint density at radius 1 is 1.29 bits per heavy atom. The van der Waals surface area contributed by atoms with Gasteiger partial charge in [-0.2, -0.15) is 10.1 Å². The molecule has 124 valence electrons. The van der Waals surface area contributed by atoms with Crippen molar-refractivity contribution in [2.75, 3.05) is 10.6 Å². The third-order valence-corrected chi connectivity index (χ3v) is 4.51. The molecule has 3 heterocycles. The predicted molar refractivity (Wildman–Crippen MR) is 95.1 cm³/mol. The highest BCUT2D eigenvalue weighted by Crippen LogP contribution is 2.39. The average Bonchev–Trinajstić information content (AvgIpc) is 3.18. The second kappa shape index (κ2) is 6.52. The van der Waals surface area contributed by atoms with E-state index in [9.17, 15) is 0 Å². The van der Waals surface area contributed by atoms with Crippen molar-refractivity contribution in [1.29, 1.82) is 0 Å². The smallest absolute Gasteiger partial charge is 0.225 e. The lowest BCUT2D eigenvalue weighted by molar-refractivity contribution is 0.384. The van der Waals surface area contributed by atoms with Gasteiger partial charge in [-0.05, 0) is 44.7 Å². The van der Waals surface area contributed by atoms with Gasteiger partial charge < -0.3 is 15.2 Å². The second-order valence-electron chi connectivity index (χ2n) is 5.47. The van der Waals surface area contributed by atoms with Crippen LogP contribution in [0.2, 0.25) is 0 Å². The number of anilines is 3. The molecule has 3 aromatic rings. The monoisotopic (exact) mass is 453 g/mol. The fraction of sp³-hybridized carbons (Fsp3) is 0.286. The molecule has 0 spiro atoms. The fourth-order valence-corrected chi connectivity index (χ4v) is 2.82. The number of H-pyrrole nitrogens is 1. The van der Waals surface area contributed by atoms with E-state index in [2.05, 4.69) is 67.8 Å². The number of hydrogen-bond donors (Lipinski definition) is 3. The number of hydrogen-bond acceptors (Lipinski definition) is 7. The van der Waals surface area contributed by atoms with Gasteiger partial charge in [0.2, 0.25) is 5.95 Å². The van der Waals surface area contributed by atoms with Crippen LogP contribution < -0.4 is 10.6 Å². The Balaban J connectivity index is 1.45. The van der Waals surface area contributed by atoms with Crippen molar-refractivity contribution in [1.82, 2.24) is 25.3 Å². The Bertz CT molecular complexity index is 858. The normalized spacial score (nSPS) is 13.9. The number of aromatic nitrogens is 5. The molecule has 4 rings (SSSR count). The van der Waals surface area contributed by atoms with E-state index >= 15 is 0 Å². The summed E-state index contributed by atoms with van der Waals surface area (Å²) in [6.07, 6.45) is 4.14. The summed E-state index contributed by atoms with van der Waals surface area (Å²) in [6.45, 7) is 0.438. The van der Waals surface area contributed by atoms with Crippen molar-refractivity contribution in [3.8, 4) is 0 Å². The van der Waals surface area contributed by atoms with Crippen LogP contribution in [0.4, 0.5) is 17.6 Å². The van der Waals surface area contributed by atoms with E-state index in [0.717, 1.165) is 16.0 Å². The molecule has 3 aromatic heterocycles. The minimum Gasteiger partial charge on any atom is -0.358 e. The molecule has 0 aromatic carbocycles. The third kappa shape index (κ3) is 3.59. The lowest BCUT2D eigenvalue weighted by atomic mass is 10.3. The highest BCUT2D eigenvalue weighted by Gasteiger charge is 2.25. The van der Waals surface area contributed by atoms with E-state index in [4.69, 9.17) is 4.52 Å². The maximum atomic E-state index is 5.11. The zero-order valence-corrected chi connectivity index (χ0v) is 15.6. The highest BCUT2D eigenvalue weighted by atomic mass is 79.9. The van der Waals surface area contributed by atoms with Crippen LogP contribution in [0.3, 0.4) is 0 Å². The van der Waals surface area contributed by atoms with Gasteiger partial charge in [0.25, 0.3) is 0 Å². The largest absolute Gasteiger partial charge is 0.358 e. The molecule has 0 aliphatic heterocycles. The van der Waals surface area contributed by atoms with E-state index in [0.29, 0.717) is 34.6 Å². The molecule has 0 saturated heterocycles. The molecule has 10 heteroatoms. The van der Waals surface area contributed by atoms with Crippen LogP contribution in [0.1, 0.15) is 30.2 Å². The topological polar surface area (TPSA) is 105 Å². The van der Waals surface area contributed by atoms with E-state index in [1.807, 2.05) is 6.07 Å². The number of halogens is 2. The first-order valence-electron chi connectivity index (χ1n) is 7.37. The van der Waals surface area contributed by atoms with Crippen molar-refractivity contribution in [3.63, 3.8) is 0 Å². The minimum atomic E-state index is 0.438. The van der Waals surface area contributed by atoms with Crippen molar-refractivity contribution >= 4 is 49.4 Å². The zero-order chi connectivity index (χ0) is 16.5. The molecular weight excluding hydrogens is 442 g/mol. The molecule has 0 unspecified atom stereocenters. The SMILES string of the molecule is Brc1cc(CNc2ncc(Br)c(Nc3cc(C4CC4)[nH]n3)n2)on1. The molecule has 1 aliphatic carbocycles. The second-order valence-corrected chi connectivity index (χ2v) is 7.13. The summed E-state index contributed by atoms with van der Waals surface area (Å²) in [6, 6.07) is 3.81. The molecule has 8 nitrogen and oxygen atoms in total. The number of nitrogens with zero attached hydrogens (tertiary/aromatic N) is 4. The molecular formula is C14H13Br2N7O. The van der Waals surface area contributed by atoms with Crippen molar-refractivity contribution in [2.45, 2.75) is 25.3 Å². The third-order valence-electron chi connectivity index (χ3n) is 3.56. The molecule has 0 bridgehead atoms. The quantitative estimate of drug-likeness (QED) is 0.517. The number of rotatable bonds is 6. The summed E-state index contributed by atoms with van der Waals surface area (Å²) < 4.78 is 6.52. The number of nitrogens with one attached hydrogen (secondary N) is 3. The van der Waals surface area contributed by atoms with E-state index in [1.165, 1.54) is 12.8 Å². The molecule has 0 amide bonds. The summed E-state index contributed by atoms with van der Waals surface area (Å²) >= 11 is 6.69. The average molecular weight is 455 g/mol. The Morgan fingerprint density at radius 2 is 2.17 bits per heavy atom. The zero-order valence-electron chi connectivity index (χ0n) is 12.4. The molecule has 0 atom stereocenters. The summed E-state index contributed by atoms with van der Waals surface area (Å²) in [4.78, 5) is 8.69. The molecule has 24 heavy (non-hydrogen) atoms. The Kier molecular flexibility index (Phi) is 4.23. The summed E-state index contributed by atoms with van der Waals surface area (Å²) in [7, 11) is 0. The van der Waals surface area contributed by atoms with Crippen LogP contribution in [0.15, 0.2) is 31.9 Å². The van der Waals surface area contributed by atoms with E-state index in [1.54, 1.807) is 12.3 Å². The van der Waals surface area contributed by atoms with Crippen LogP contribution in [-0.4, -0.2) is 25.3 Å². The summed E-state index contributed by atoms with van der Waals surface area (Å²) in [5, 5.41) is 17.4.